The molecule has 2 atom stereocenters. The Labute approximate surface area is 80.0 Å². The smallest absolute Gasteiger partial charge is 0.158 e. The van der Waals surface area contributed by atoms with Crippen molar-refractivity contribution in [1.29, 1.82) is 0 Å². The Bertz CT molecular complexity index is 127. The molecule has 1 fully saturated rings. The number of aliphatic hydroxyl groups excluding tert-OH is 1. The maximum atomic E-state index is 8.60. The van der Waals surface area contributed by atoms with Gasteiger partial charge < -0.3 is 14.6 Å². The third-order valence-corrected chi connectivity index (χ3v) is 2.27. The van der Waals surface area contributed by atoms with Gasteiger partial charge in [0.2, 0.25) is 0 Å². The highest BCUT2D eigenvalue weighted by Crippen LogP contribution is 2.19. The minimum Gasteiger partial charge on any atom is -0.396 e. The molecule has 0 spiro atoms. The molecule has 3 nitrogen and oxygen atoms in total. The molecule has 1 saturated heterocycles. The lowest BCUT2D eigenvalue weighted by atomic mass is 10.2. The SMILES string of the molecule is CCC[C@H]1OC[C@H](CCCCO)O1. The minimum absolute atomic E-state index is 0.0316. The van der Waals surface area contributed by atoms with Crippen LogP contribution in [0.3, 0.4) is 0 Å². The van der Waals surface area contributed by atoms with Gasteiger partial charge in [-0.25, -0.2) is 0 Å². The largest absolute Gasteiger partial charge is 0.396 e. The zero-order valence-corrected chi connectivity index (χ0v) is 8.37. The summed E-state index contributed by atoms with van der Waals surface area (Å²) in [6.45, 7) is 3.15. The molecular formula is C10H20O3. The quantitative estimate of drug-likeness (QED) is 0.645. The summed E-state index contributed by atoms with van der Waals surface area (Å²) in [4.78, 5) is 0. The Morgan fingerprint density at radius 2 is 2.15 bits per heavy atom. The van der Waals surface area contributed by atoms with Crippen LogP contribution in [0.25, 0.3) is 0 Å². The molecule has 13 heavy (non-hydrogen) atoms. The summed E-state index contributed by atoms with van der Waals surface area (Å²) >= 11 is 0. The van der Waals surface area contributed by atoms with E-state index in [-0.39, 0.29) is 19.0 Å². The van der Waals surface area contributed by atoms with Crippen molar-refractivity contribution in [1.82, 2.24) is 0 Å². The maximum Gasteiger partial charge on any atom is 0.158 e. The van der Waals surface area contributed by atoms with Crippen LogP contribution >= 0.6 is 0 Å². The topological polar surface area (TPSA) is 38.7 Å². The monoisotopic (exact) mass is 188 g/mol. The van der Waals surface area contributed by atoms with E-state index >= 15 is 0 Å². The van der Waals surface area contributed by atoms with Gasteiger partial charge in [-0.15, -0.1) is 0 Å². The summed E-state index contributed by atoms with van der Waals surface area (Å²) < 4.78 is 11.1. The highest BCUT2D eigenvalue weighted by molar-refractivity contribution is 4.65. The van der Waals surface area contributed by atoms with Gasteiger partial charge in [-0.1, -0.05) is 13.3 Å². The second kappa shape index (κ2) is 6.35. The Balaban J connectivity index is 2.03. The van der Waals surface area contributed by atoms with E-state index in [4.69, 9.17) is 14.6 Å². The molecule has 0 saturated carbocycles. The van der Waals surface area contributed by atoms with Crippen LogP contribution in [0.1, 0.15) is 39.0 Å². The van der Waals surface area contributed by atoms with Crippen LogP contribution in [-0.4, -0.2) is 30.7 Å². The van der Waals surface area contributed by atoms with Crippen molar-refractivity contribution < 1.29 is 14.6 Å². The van der Waals surface area contributed by atoms with Crippen molar-refractivity contribution in [2.45, 2.75) is 51.4 Å². The van der Waals surface area contributed by atoms with Gasteiger partial charge >= 0.3 is 0 Å². The summed E-state index contributed by atoms with van der Waals surface area (Å²) in [5.74, 6) is 0. The van der Waals surface area contributed by atoms with Crippen LogP contribution in [-0.2, 0) is 9.47 Å². The molecule has 1 rings (SSSR count). The van der Waals surface area contributed by atoms with Gasteiger partial charge in [-0.2, -0.15) is 0 Å². The Kier molecular flexibility index (Phi) is 5.35. The number of ether oxygens (including phenoxy) is 2. The zero-order valence-electron chi connectivity index (χ0n) is 8.37. The standard InChI is InChI=1S/C10H20O3/c1-2-5-10-12-8-9(13-10)6-3-4-7-11/h9-11H,2-8H2,1H3/t9-,10-/m0/s1. The summed E-state index contributed by atoms with van der Waals surface area (Å²) in [5, 5.41) is 8.60. The van der Waals surface area contributed by atoms with E-state index < -0.39 is 0 Å². The molecular weight excluding hydrogens is 168 g/mol. The molecule has 0 radical (unpaired) electrons. The number of unbranched alkanes of at least 4 members (excludes halogenated alkanes) is 1. The molecule has 0 aromatic carbocycles. The second-order valence-electron chi connectivity index (χ2n) is 3.53. The van der Waals surface area contributed by atoms with Gasteiger partial charge in [-0.3, -0.25) is 0 Å². The van der Waals surface area contributed by atoms with Crippen LogP contribution in [0.2, 0.25) is 0 Å². The van der Waals surface area contributed by atoms with Gasteiger partial charge in [-0.05, 0) is 25.7 Å². The number of aliphatic hydroxyl groups is 1. The first-order valence-corrected chi connectivity index (χ1v) is 5.24. The summed E-state index contributed by atoms with van der Waals surface area (Å²) in [6.07, 6.45) is 5.32. The third-order valence-electron chi connectivity index (χ3n) is 2.27. The van der Waals surface area contributed by atoms with E-state index in [0.29, 0.717) is 0 Å². The third kappa shape index (κ3) is 4.07. The Morgan fingerprint density at radius 3 is 2.85 bits per heavy atom. The summed E-state index contributed by atoms with van der Waals surface area (Å²) in [7, 11) is 0. The van der Waals surface area contributed by atoms with Gasteiger partial charge in [0.1, 0.15) is 0 Å². The highest BCUT2D eigenvalue weighted by atomic mass is 16.7. The van der Waals surface area contributed by atoms with E-state index in [9.17, 15) is 0 Å². The van der Waals surface area contributed by atoms with Crippen LogP contribution in [0.4, 0.5) is 0 Å². The van der Waals surface area contributed by atoms with Gasteiger partial charge in [0.15, 0.2) is 6.29 Å². The number of hydrogen-bond donors (Lipinski definition) is 1. The molecule has 0 aliphatic carbocycles. The summed E-state index contributed by atoms with van der Waals surface area (Å²) in [6, 6.07) is 0. The molecule has 1 N–H and O–H groups in total. The Hall–Kier alpha value is -0.120. The molecule has 0 aromatic rings. The molecule has 1 aliphatic heterocycles. The zero-order chi connectivity index (χ0) is 9.52. The van der Waals surface area contributed by atoms with Crippen LogP contribution < -0.4 is 0 Å². The highest BCUT2D eigenvalue weighted by Gasteiger charge is 2.24. The maximum absolute atomic E-state index is 8.60. The van der Waals surface area contributed by atoms with Crippen molar-refractivity contribution in [3.63, 3.8) is 0 Å². The molecule has 0 bridgehead atoms. The van der Waals surface area contributed by atoms with Crippen molar-refractivity contribution in [3.8, 4) is 0 Å². The van der Waals surface area contributed by atoms with E-state index in [1.54, 1.807) is 0 Å². The van der Waals surface area contributed by atoms with Gasteiger partial charge in [0.05, 0.1) is 12.7 Å². The molecule has 0 unspecified atom stereocenters. The Morgan fingerprint density at radius 1 is 1.31 bits per heavy atom. The molecule has 0 amide bonds. The second-order valence-corrected chi connectivity index (χ2v) is 3.53. The average molecular weight is 188 g/mol. The van der Waals surface area contributed by atoms with Crippen molar-refractivity contribution in [3.05, 3.63) is 0 Å². The van der Waals surface area contributed by atoms with Crippen LogP contribution in [0, 0.1) is 0 Å². The fourth-order valence-corrected chi connectivity index (χ4v) is 1.53. The predicted molar refractivity (Wildman–Crippen MR) is 50.5 cm³/mol. The minimum atomic E-state index is 0.0316. The van der Waals surface area contributed by atoms with Crippen LogP contribution in [0.5, 0.6) is 0 Å². The van der Waals surface area contributed by atoms with E-state index in [0.717, 1.165) is 38.7 Å². The normalized spacial score (nSPS) is 28.2. The average Bonchev–Trinajstić information content (AvgIpc) is 2.54. The predicted octanol–water partition coefficient (Wildman–Crippen LogP) is 1.69. The van der Waals surface area contributed by atoms with Crippen LogP contribution in [0.15, 0.2) is 0 Å². The van der Waals surface area contributed by atoms with Gasteiger partial charge in [0, 0.05) is 6.61 Å². The van der Waals surface area contributed by atoms with E-state index in [2.05, 4.69) is 6.92 Å². The van der Waals surface area contributed by atoms with Crippen molar-refractivity contribution in [2.24, 2.45) is 0 Å². The lowest BCUT2D eigenvalue weighted by molar-refractivity contribution is -0.0633. The van der Waals surface area contributed by atoms with E-state index in [1.807, 2.05) is 0 Å². The van der Waals surface area contributed by atoms with Crippen molar-refractivity contribution >= 4 is 0 Å². The van der Waals surface area contributed by atoms with Crippen molar-refractivity contribution in [2.75, 3.05) is 13.2 Å². The molecule has 1 heterocycles. The first-order chi connectivity index (χ1) is 6.36. The lowest BCUT2D eigenvalue weighted by Gasteiger charge is -2.09. The molecule has 78 valence electrons. The van der Waals surface area contributed by atoms with E-state index in [1.165, 1.54) is 0 Å². The molecule has 1 aliphatic rings. The number of rotatable bonds is 6. The fraction of sp³-hybridized carbons (Fsp3) is 1.00. The molecule has 0 aromatic heterocycles. The first kappa shape index (κ1) is 11.0. The fourth-order valence-electron chi connectivity index (χ4n) is 1.53. The first-order valence-electron chi connectivity index (χ1n) is 5.24. The summed E-state index contributed by atoms with van der Waals surface area (Å²) in [5.41, 5.74) is 0. The molecule has 3 heteroatoms. The number of hydrogen-bond acceptors (Lipinski definition) is 3. The lowest BCUT2D eigenvalue weighted by Crippen LogP contribution is -2.12. The van der Waals surface area contributed by atoms with Gasteiger partial charge in [0.25, 0.3) is 0 Å².